The number of aromatic nitrogens is 4. The minimum Gasteiger partial charge on any atom is -0.357 e. The van der Waals surface area contributed by atoms with Crippen molar-refractivity contribution in [2.45, 2.75) is 18.8 Å². The van der Waals surface area contributed by atoms with E-state index in [9.17, 15) is 4.79 Å². The van der Waals surface area contributed by atoms with Crippen molar-refractivity contribution in [1.82, 2.24) is 24.6 Å². The molecule has 0 aliphatic carbocycles. The van der Waals surface area contributed by atoms with E-state index in [1.54, 1.807) is 23.1 Å². The van der Waals surface area contributed by atoms with Gasteiger partial charge in [-0.2, -0.15) is 5.10 Å². The van der Waals surface area contributed by atoms with E-state index in [1.165, 1.54) is 0 Å². The average molecular weight is 309 g/mol. The Labute approximate surface area is 134 Å². The monoisotopic (exact) mass is 309 g/mol. The summed E-state index contributed by atoms with van der Waals surface area (Å²) in [7, 11) is 1.83. The van der Waals surface area contributed by atoms with Crippen molar-refractivity contribution < 1.29 is 4.79 Å². The van der Waals surface area contributed by atoms with Gasteiger partial charge < -0.3 is 9.88 Å². The van der Waals surface area contributed by atoms with Gasteiger partial charge in [0.15, 0.2) is 0 Å². The molecule has 1 amide bonds. The number of nitrogens with one attached hydrogen (secondary N) is 1. The minimum absolute atomic E-state index is 0.0181. The number of likely N-dealkylation sites (tertiary alicyclic amines) is 1. The number of hydrogen-bond acceptors (Lipinski definition) is 3. The van der Waals surface area contributed by atoms with Gasteiger partial charge >= 0.3 is 0 Å². The second-order valence-corrected chi connectivity index (χ2v) is 6.13. The van der Waals surface area contributed by atoms with Crippen LogP contribution in [0, 0.1) is 0 Å². The minimum atomic E-state index is 0.0181. The molecule has 1 N–H and O–H groups in total. The highest BCUT2D eigenvalue weighted by atomic mass is 16.2. The molecular formula is C17H19N5O. The lowest BCUT2D eigenvalue weighted by Crippen LogP contribution is -2.39. The second-order valence-electron chi connectivity index (χ2n) is 6.13. The van der Waals surface area contributed by atoms with Gasteiger partial charge in [0.25, 0.3) is 5.91 Å². The Bertz CT molecular complexity index is 816. The fraction of sp³-hybridized carbons (Fsp3) is 0.353. The number of carbonyl (C=O) groups is 1. The highest BCUT2D eigenvalue weighted by molar-refractivity contribution is 5.92. The summed E-state index contributed by atoms with van der Waals surface area (Å²) in [5.74, 6) is 0.343. The van der Waals surface area contributed by atoms with Gasteiger partial charge in [0.05, 0.1) is 11.0 Å². The zero-order valence-corrected chi connectivity index (χ0v) is 13.1. The van der Waals surface area contributed by atoms with Crippen molar-refractivity contribution >= 4 is 16.9 Å². The van der Waals surface area contributed by atoms with Gasteiger partial charge in [-0.25, -0.2) is 0 Å². The molecule has 6 nitrogen and oxygen atoms in total. The lowest BCUT2D eigenvalue weighted by Gasteiger charge is -2.32. The van der Waals surface area contributed by atoms with Crippen LogP contribution in [-0.4, -0.2) is 43.6 Å². The quantitative estimate of drug-likeness (QED) is 0.790. The Balaban J connectivity index is 1.55. The molecule has 23 heavy (non-hydrogen) atoms. The summed E-state index contributed by atoms with van der Waals surface area (Å²) in [6, 6.07) is 7.85. The Kier molecular flexibility index (Phi) is 3.37. The van der Waals surface area contributed by atoms with E-state index in [0.717, 1.165) is 42.7 Å². The molecule has 3 aromatic heterocycles. The number of rotatable bonds is 2. The first-order chi connectivity index (χ1) is 11.2. The molecule has 1 aliphatic rings. The number of fused-ring (bicyclic) bond motifs is 1. The van der Waals surface area contributed by atoms with Gasteiger partial charge in [0.2, 0.25) is 0 Å². The van der Waals surface area contributed by atoms with Crippen LogP contribution < -0.4 is 0 Å². The third-order valence-corrected chi connectivity index (χ3v) is 4.49. The standard InChI is InChI=1S/C17H19N5O/c1-21-9-6-14(20-21)17(23)22-8-3-4-12(11-22)15-10-16-13(19-15)5-2-7-18-16/h2,5-7,9-10,12,19H,3-4,8,11H2,1H3/t12-/m1/s1. The van der Waals surface area contributed by atoms with E-state index in [0.29, 0.717) is 11.6 Å². The van der Waals surface area contributed by atoms with E-state index in [4.69, 9.17) is 0 Å². The van der Waals surface area contributed by atoms with Gasteiger partial charge in [-0.15, -0.1) is 0 Å². The maximum absolute atomic E-state index is 12.6. The normalized spacial score (nSPS) is 18.5. The van der Waals surface area contributed by atoms with Crippen molar-refractivity contribution in [3.8, 4) is 0 Å². The number of nitrogens with zero attached hydrogens (tertiary/aromatic N) is 4. The first kappa shape index (κ1) is 14.0. The molecule has 1 atom stereocenters. The van der Waals surface area contributed by atoms with Crippen LogP contribution in [-0.2, 0) is 7.05 Å². The molecule has 3 aromatic rings. The van der Waals surface area contributed by atoms with Crippen molar-refractivity contribution in [3.63, 3.8) is 0 Å². The molecule has 118 valence electrons. The van der Waals surface area contributed by atoms with Crippen LogP contribution in [0.2, 0.25) is 0 Å². The van der Waals surface area contributed by atoms with Crippen LogP contribution in [0.1, 0.15) is 34.9 Å². The lowest BCUT2D eigenvalue weighted by molar-refractivity contribution is 0.0699. The maximum Gasteiger partial charge on any atom is 0.274 e. The third kappa shape index (κ3) is 2.60. The summed E-state index contributed by atoms with van der Waals surface area (Å²) in [4.78, 5) is 22.3. The van der Waals surface area contributed by atoms with Crippen LogP contribution in [0.15, 0.2) is 36.7 Å². The number of piperidine rings is 1. The van der Waals surface area contributed by atoms with Gasteiger partial charge in [-0.05, 0) is 37.1 Å². The number of aromatic amines is 1. The number of pyridine rings is 1. The van der Waals surface area contributed by atoms with Crippen LogP contribution in [0.3, 0.4) is 0 Å². The lowest BCUT2D eigenvalue weighted by atomic mass is 9.94. The topological polar surface area (TPSA) is 66.8 Å². The Morgan fingerprint density at radius 3 is 3.09 bits per heavy atom. The molecular weight excluding hydrogens is 290 g/mol. The molecule has 0 aromatic carbocycles. The van der Waals surface area contributed by atoms with Crippen molar-refractivity contribution in [2.75, 3.05) is 13.1 Å². The molecule has 4 rings (SSSR count). The molecule has 4 heterocycles. The van der Waals surface area contributed by atoms with Gasteiger partial charge in [0, 0.05) is 44.1 Å². The fourth-order valence-corrected chi connectivity index (χ4v) is 3.30. The van der Waals surface area contributed by atoms with Crippen molar-refractivity contribution in [3.05, 3.63) is 48.0 Å². The Morgan fingerprint density at radius 2 is 2.30 bits per heavy atom. The Morgan fingerprint density at radius 1 is 1.39 bits per heavy atom. The zero-order chi connectivity index (χ0) is 15.8. The van der Waals surface area contributed by atoms with E-state index >= 15 is 0 Å². The predicted octanol–water partition coefficient (Wildman–Crippen LogP) is 2.32. The van der Waals surface area contributed by atoms with Crippen LogP contribution >= 0.6 is 0 Å². The number of amides is 1. The summed E-state index contributed by atoms with van der Waals surface area (Å²) in [5, 5.41) is 4.23. The average Bonchev–Trinajstić information content (AvgIpc) is 3.20. The maximum atomic E-state index is 12.6. The number of carbonyl (C=O) groups excluding carboxylic acids is 1. The largest absolute Gasteiger partial charge is 0.357 e. The fourth-order valence-electron chi connectivity index (χ4n) is 3.30. The molecule has 0 spiro atoms. The summed E-state index contributed by atoms with van der Waals surface area (Å²) >= 11 is 0. The van der Waals surface area contributed by atoms with E-state index in [-0.39, 0.29) is 5.91 Å². The predicted molar refractivity (Wildman–Crippen MR) is 87.2 cm³/mol. The summed E-state index contributed by atoms with van der Waals surface area (Å²) in [5.41, 5.74) is 3.72. The van der Waals surface area contributed by atoms with E-state index < -0.39 is 0 Å². The highest BCUT2D eigenvalue weighted by Gasteiger charge is 2.27. The van der Waals surface area contributed by atoms with E-state index in [1.807, 2.05) is 24.1 Å². The Hall–Kier alpha value is -2.63. The first-order valence-corrected chi connectivity index (χ1v) is 7.93. The molecule has 0 radical (unpaired) electrons. The summed E-state index contributed by atoms with van der Waals surface area (Å²) < 4.78 is 1.66. The van der Waals surface area contributed by atoms with Crippen molar-refractivity contribution in [2.24, 2.45) is 7.05 Å². The zero-order valence-electron chi connectivity index (χ0n) is 13.1. The molecule has 1 aliphatic heterocycles. The van der Waals surface area contributed by atoms with Crippen LogP contribution in [0.4, 0.5) is 0 Å². The van der Waals surface area contributed by atoms with E-state index in [2.05, 4.69) is 21.1 Å². The van der Waals surface area contributed by atoms with Gasteiger partial charge in [0.1, 0.15) is 5.69 Å². The van der Waals surface area contributed by atoms with Crippen LogP contribution in [0.25, 0.3) is 11.0 Å². The molecule has 1 fully saturated rings. The molecule has 6 heteroatoms. The smallest absolute Gasteiger partial charge is 0.274 e. The first-order valence-electron chi connectivity index (χ1n) is 7.93. The van der Waals surface area contributed by atoms with Gasteiger partial charge in [-0.3, -0.25) is 14.5 Å². The number of hydrogen-bond donors (Lipinski definition) is 1. The second kappa shape index (κ2) is 5.53. The summed E-state index contributed by atoms with van der Waals surface area (Å²) in [6.45, 7) is 1.52. The molecule has 0 unspecified atom stereocenters. The highest BCUT2D eigenvalue weighted by Crippen LogP contribution is 2.28. The number of H-pyrrole nitrogens is 1. The van der Waals surface area contributed by atoms with Crippen molar-refractivity contribution in [1.29, 1.82) is 0 Å². The summed E-state index contributed by atoms with van der Waals surface area (Å²) in [6.07, 6.45) is 5.70. The molecule has 0 bridgehead atoms. The third-order valence-electron chi connectivity index (χ3n) is 4.49. The molecule has 0 saturated carbocycles. The van der Waals surface area contributed by atoms with Crippen LogP contribution in [0.5, 0.6) is 0 Å². The number of aryl methyl sites for hydroxylation is 1. The molecule has 1 saturated heterocycles. The van der Waals surface area contributed by atoms with Gasteiger partial charge in [-0.1, -0.05) is 0 Å². The SMILES string of the molecule is Cn1ccc(C(=O)N2CCC[C@@H](c3cc4ncccc4[nH]3)C2)n1.